The summed E-state index contributed by atoms with van der Waals surface area (Å²) >= 11 is 6.92. The number of hydrogen-bond donors (Lipinski definition) is 2. The fourth-order valence-corrected chi connectivity index (χ4v) is 2.32. The number of halogens is 1. The molecule has 0 bridgehead atoms. The highest BCUT2D eigenvalue weighted by atomic mass is 35.5. The van der Waals surface area contributed by atoms with E-state index in [-0.39, 0.29) is 5.91 Å². The normalized spacial score (nSPS) is 20.5. The fourth-order valence-electron chi connectivity index (χ4n) is 1.57. The van der Waals surface area contributed by atoms with Crippen LogP contribution in [0.15, 0.2) is 5.38 Å². The summed E-state index contributed by atoms with van der Waals surface area (Å²) in [5.41, 5.74) is 0.413. The summed E-state index contributed by atoms with van der Waals surface area (Å²) < 4.78 is 0.405. The molecule has 0 radical (unpaired) electrons. The number of thiazole rings is 1. The van der Waals surface area contributed by atoms with Crippen LogP contribution in [0.1, 0.15) is 16.9 Å². The minimum absolute atomic E-state index is 0.134. The second-order valence-electron chi connectivity index (χ2n) is 3.55. The zero-order valence-electron chi connectivity index (χ0n) is 8.12. The number of carbonyl (C=O) groups excluding carboxylic acids is 1. The maximum absolute atomic E-state index is 11.6. The second-order valence-corrected chi connectivity index (χ2v) is 4.99. The summed E-state index contributed by atoms with van der Waals surface area (Å²) in [7, 11) is 0. The second kappa shape index (κ2) is 4.92. The minimum atomic E-state index is -0.134. The third kappa shape index (κ3) is 2.90. The number of amides is 1. The van der Waals surface area contributed by atoms with Crippen molar-refractivity contribution in [2.75, 3.05) is 19.6 Å². The average molecular weight is 246 g/mol. The van der Waals surface area contributed by atoms with Crippen molar-refractivity contribution in [3.8, 4) is 0 Å². The van der Waals surface area contributed by atoms with Crippen LogP contribution in [0.4, 0.5) is 0 Å². The summed E-state index contributed by atoms with van der Waals surface area (Å²) in [6.45, 7) is 2.74. The van der Waals surface area contributed by atoms with Gasteiger partial charge in [-0.2, -0.15) is 0 Å². The fraction of sp³-hybridized carbons (Fsp3) is 0.556. The predicted molar refractivity (Wildman–Crippen MR) is 60.4 cm³/mol. The molecule has 4 nitrogen and oxygen atoms in total. The van der Waals surface area contributed by atoms with Crippen molar-refractivity contribution in [3.05, 3.63) is 15.5 Å². The molecule has 2 heterocycles. The first-order valence-electron chi connectivity index (χ1n) is 4.85. The Balaban J connectivity index is 1.81. The molecule has 82 valence electrons. The van der Waals surface area contributed by atoms with Crippen LogP contribution in [0.2, 0.25) is 4.47 Å². The molecule has 0 unspecified atom stereocenters. The van der Waals surface area contributed by atoms with Gasteiger partial charge in [-0.05, 0) is 25.4 Å². The number of nitrogens with one attached hydrogen (secondary N) is 2. The van der Waals surface area contributed by atoms with Crippen molar-refractivity contribution in [1.82, 2.24) is 15.6 Å². The van der Waals surface area contributed by atoms with Gasteiger partial charge in [0.1, 0.15) is 5.69 Å². The third-order valence-corrected chi connectivity index (χ3v) is 3.40. The molecule has 1 aromatic rings. The van der Waals surface area contributed by atoms with Gasteiger partial charge < -0.3 is 10.6 Å². The van der Waals surface area contributed by atoms with Crippen LogP contribution in [-0.2, 0) is 0 Å². The lowest BCUT2D eigenvalue weighted by molar-refractivity contribution is 0.0944. The highest BCUT2D eigenvalue weighted by Gasteiger charge is 2.16. The topological polar surface area (TPSA) is 54.0 Å². The highest BCUT2D eigenvalue weighted by Crippen LogP contribution is 2.15. The SMILES string of the molecule is O=C(NC[C@H]1CCNC1)c1csc(Cl)n1. The molecule has 15 heavy (non-hydrogen) atoms. The largest absolute Gasteiger partial charge is 0.350 e. The Morgan fingerprint density at radius 2 is 2.67 bits per heavy atom. The van der Waals surface area contributed by atoms with E-state index in [4.69, 9.17) is 11.6 Å². The van der Waals surface area contributed by atoms with E-state index in [1.807, 2.05) is 0 Å². The molecular weight excluding hydrogens is 234 g/mol. The van der Waals surface area contributed by atoms with Crippen LogP contribution in [0.3, 0.4) is 0 Å². The molecule has 0 aromatic carbocycles. The summed E-state index contributed by atoms with van der Waals surface area (Å²) in [5.74, 6) is 0.410. The minimum Gasteiger partial charge on any atom is -0.350 e. The number of carbonyl (C=O) groups is 1. The van der Waals surface area contributed by atoms with Gasteiger partial charge >= 0.3 is 0 Å². The van der Waals surface area contributed by atoms with Crippen molar-refractivity contribution in [2.24, 2.45) is 5.92 Å². The van der Waals surface area contributed by atoms with Crippen LogP contribution >= 0.6 is 22.9 Å². The van der Waals surface area contributed by atoms with Crippen molar-refractivity contribution < 1.29 is 4.79 Å². The molecule has 1 saturated heterocycles. The molecule has 2 N–H and O–H groups in total. The molecule has 1 fully saturated rings. The van der Waals surface area contributed by atoms with Gasteiger partial charge in [0.05, 0.1) is 0 Å². The summed E-state index contributed by atoms with van der Waals surface area (Å²) in [6, 6.07) is 0. The zero-order valence-corrected chi connectivity index (χ0v) is 9.70. The quantitative estimate of drug-likeness (QED) is 0.840. The molecule has 1 aliphatic heterocycles. The van der Waals surface area contributed by atoms with E-state index in [0.717, 1.165) is 19.5 Å². The standard InChI is InChI=1S/C9H12ClN3OS/c10-9-13-7(5-15-9)8(14)12-4-6-1-2-11-3-6/h5-6,11H,1-4H2,(H,12,14)/t6-/m0/s1. The lowest BCUT2D eigenvalue weighted by Gasteiger charge is -2.08. The Morgan fingerprint density at radius 1 is 1.80 bits per heavy atom. The van der Waals surface area contributed by atoms with E-state index < -0.39 is 0 Å². The van der Waals surface area contributed by atoms with Gasteiger partial charge in [0.15, 0.2) is 4.47 Å². The number of hydrogen-bond acceptors (Lipinski definition) is 4. The van der Waals surface area contributed by atoms with E-state index in [2.05, 4.69) is 15.6 Å². The lowest BCUT2D eigenvalue weighted by atomic mass is 10.1. The maximum Gasteiger partial charge on any atom is 0.270 e. The molecule has 1 aromatic heterocycles. The number of rotatable bonds is 3. The predicted octanol–water partition coefficient (Wildman–Crippen LogP) is 1.14. The van der Waals surface area contributed by atoms with E-state index in [9.17, 15) is 4.79 Å². The van der Waals surface area contributed by atoms with Crippen LogP contribution < -0.4 is 10.6 Å². The molecule has 0 spiro atoms. The van der Waals surface area contributed by atoms with Gasteiger partial charge in [0.25, 0.3) is 5.91 Å². The number of aromatic nitrogens is 1. The monoisotopic (exact) mass is 245 g/mol. The zero-order chi connectivity index (χ0) is 10.7. The maximum atomic E-state index is 11.6. The summed E-state index contributed by atoms with van der Waals surface area (Å²) in [5, 5.41) is 7.79. The van der Waals surface area contributed by atoms with Gasteiger partial charge in [-0.3, -0.25) is 4.79 Å². The molecule has 0 saturated carbocycles. The first kappa shape index (κ1) is 10.9. The van der Waals surface area contributed by atoms with Gasteiger partial charge in [-0.15, -0.1) is 11.3 Å². The Kier molecular flexibility index (Phi) is 3.56. The average Bonchev–Trinajstić information content (AvgIpc) is 2.84. The Morgan fingerprint density at radius 3 is 3.27 bits per heavy atom. The molecule has 2 rings (SSSR count). The van der Waals surface area contributed by atoms with E-state index >= 15 is 0 Å². The first-order chi connectivity index (χ1) is 7.25. The summed E-state index contributed by atoms with van der Waals surface area (Å²) in [6.07, 6.45) is 1.12. The van der Waals surface area contributed by atoms with Crippen LogP contribution in [0.5, 0.6) is 0 Å². The van der Waals surface area contributed by atoms with Crippen molar-refractivity contribution in [2.45, 2.75) is 6.42 Å². The van der Waals surface area contributed by atoms with Crippen molar-refractivity contribution in [1.29, 1.82) is 0 Å². The first-order valence-corrected chi connectivity index (χ1v) is 6.11. The smallest absolute Gasteiger partial charge is 0.270 e. The summed E-state index contributed by atoms with van der Waals surface area (Å²) in [4.78, 5) is 15.5. The van der Waals surface area contributed by atoms with Crippen molar-refractivity contribution in [3.63, 3.8) is 0 Å². The van der Waals surface area contributed by atoms with Crippen molar-refractivity contribution >= 4 is 28.8 Å². The molecular formula is C9H12ClN3OS. The molecule has 1 aliphatic rings. The molecule has 1 amide bonds. The van der Waals surface area contributed by atoms with Crippen LogP contribution in [-0.4, -0.2) is 30.5 Å². The Labute approximate surface area is 97.0 Å². The molecule has 0 aliphatic carbocycles. The third-order valence-electron chi connectivity index (χ3n) is 2.42. The van der Waals surface area contributed by atoms with Gasteiger partial charge in [0.2, 0.25) is 0 Å². The van der Waals surface area contributed by atoms with Crippen LogP contribution in [0.25, 0.3) is 0 Å². The van der Waals surface area contributed by atoms with Crippen LogP contribution in [0, 0.1) is 5.92 Å². The Bertz CT molecular complexity index is 349. The van der Waals surface area contributed by atoms with Gasteiger partial charge in [0, 0.05) is 11.9 Å². The highest BCUT2D eigenvalue weighted by molar-refractivity contribution is 7.14. The van der Waals surface area contributed by atoms with E-state index in [1.165, 1.54) is 11.3 Å². The van der Waals surface area contributed by atoms with Gasteiger partial charge in [-0.25, -0.2) is 4.98 Å². The lowest BCUT2D eigenvalue weighted by Crippen LogP contribution is -2.30. The molecule has 6 heteroatoms. The van der Waals surface area contributed by atoms with E-state index in [0.29, 0.717) is 22.6 Å². The Hall–Kier alpha value is -0.650. The molecule has 1 atom stereocenters. The number of nitrogens with zero attached hydrogens (tertiary/aromatic N) is 1. The van der Waals surface area contributed by atoms with E-state index in [1.54, 1.807) is 5.38 Å². The van der Waals surface area contributed by atoms with Gasteiger partial charge in [-0.1, -0.05) is 11.6 Å².